The fourth-order valence-electron chi connectivity index (χ4n) is 3.43. The van der Waals surface area contributed by atoms with Gasteiger partial charge in [-0.2, -0.15) is 4.31 Å². The predicted octanol–water partition coefficient (Wildman–Crippen LogP) is 3.51. The molecule has 0 aliphatic carbocycles. The molecule has 6 nitrogen and oxygen atoms in total. The Hall–Kier alpha value is -2.71. The number of benzene rings is 2. The molecule has 0 N–H and O–H groups in total. The van der Waals surface area contributed by atoms with E-state index in [1.165, 1.54) is 16.4 Å². The van der Waals surface area contributed by atoms with Crippen LogP contribution in [0.3, 0.4) is 0 Å². The van der Waals surface area contributed by atoms with E-state index in [0.29, 0.717) is 5.75 Å². The minimum absolute atomic E-state index is 0.128. The number of hydrogen-bond acceptors (Lipinski definition) is 4. The quantitative estimate of drug-likeness (QED) is 0.637. The molecule has 2 aromatic rings. The zero-order valence-electron chi connectivity index (χ0n) is 17.9. The molecule has 2 aromatic carbocycles. The molecular formula is C23H27FN2O4S. The van der Waals surface area contributed by atoms with Crippen LogP contribution in [0.5, 0.6) is 5.75 Å². The summed E-state index contributed by atoms with van der Waals surface area (Å²) >= 11 is 0. The lowest BCUT2D eigenvalue weighted by Gasteiger charge is -2.34. The minimum atomic E-state index is -3.60. The van der Waals surface area contributed by atoms with Gasteiger partial charge in [-0.1, -0.05) is 36.4 Å². The summed E-state index contributed by atoms with van der Waals surface area (Å²) in [6.45, 7) is 3.29. The van der Waals surface area contributed by atoms with Crippen LogP contribution in [0.1, 0.15) is 31.0 Å². The third-order valence-electron chi connectivity index (χ3n) is 5.27. The molecule has 1 heterocycles. The third-order valence-corrected chi connectivity index (χ3v) is 7.46. The first-order valence-electron chi connectivity index (χ1n) is 10.1. The van der Waals surface area contributed by atoms with Crippen molar-refractivity contribution in [2.45, 2.75) is 31.7 Å². The van der Waals surface area contributed by atoms with E-state index in [0.717, 1.165) is 11.1 Å². The van der Waals surface area contributed by atoms with Crippen LogP contribution in [-0.2, 0) is 21.4 Å². The van der Waals surface area contributed by atoms with Gasteiger partial charge < -0.3 is 9.64 Å². The van der Waals surface area contributed by atoms with Crippen LogP contribution in [0.2, 0.25) is 0 Å². The highest BCUT2D eigenvalue weighted by atomic mass is 32.2. The van der Waals surface area contributed by atoms with Crippen molar-refractivity contribution < 1.29 is 22.3 Å². The summed E-state index contributed by atoms with van der Waals surface area (Å²) in [5, 5.41) is -0.629. The van der Waals surface area contributed by atoms with Crippen molar-refractivity contribution in [3.8, 4) is 5.75 Å². The van der Waals surface area contributed by atoms with E-state index in [9.17, 15) is 17.6 Å². The van der Waals surface area contributed by atoms with Crippen LogP contribution in [0.25, 0.3) is 0 Å². The van der Waals surface area contributed by atoms with Gasteiger partial charge in [-0.3, -0.25) is 4.79 Å². The number of amides is 1. The lowest BCUT2D eigenvalue weighted by atomic mass is 10.0. The Labute approximate surface area is 183 Å². The molecule has 1 aliphatic heterocycles. The van der Waals surface area contributed by atoms with Gasteiger partial charge in [0.2, 0.25) is 15.9 Å². The van der Waals surface area contributed by atoms with Gasteiger partial charge in [0.1, 0.15) is 11.6 Å². The van der Waals surface area contributed by atoms with E-state index in [1.807, 2.05) is 30.3 Å². The van der Waals surface area contributed by atoms with E-state index in [-0.39, 0.29) is 31.4 Å². The Morgan fingerprint density at radius 2 is 1.74 bits per heavy atom. The maximum atomic E-state index is 13.4. The zero-order valence-corrected chi connectivity index (χ0v) is 18.7. The highest BCUT2D eigenvalue weighted by Gasteiger charge is 2.32. The summed E-state index contributed by atoms with van der Waals surface area (Å²) in [5.74, 6) is 0.0199. The van der Waals surface area contributed by atoms with Gasteiger partial charge in [0.15, 0.2) is 0 Å². The van der Waals surface area contributed by atoms with Crippen LogP contribution in [0, 0.1) is 5.82 Å². The van der Waals surface area contributed by atoms with Crippen LogP contribution in [0.15, 0.2) is 60.7 Å². The fourth-order valence-corrected chi connectivity index (χ4v) is 4.61. The molecule has 0 unspecified atom stereocenters. The van der Waals surface area contributed by atoms with Gasteiger partial charge in [0, 0.05) is 13.1 Å². The van der Waals surface area contributed by atoms with E-state index < -0.39 is 21.3 Å². The van der Waals surface area contributed by atoms with Crippen molar-refractivity contribution in [2.24, 2.45) is 0 Å². The van der Waals surface area contributed by atoms with Crippen molar-refractivity contribution in [3.63, 3.8) is 0 Å². The summed E-state index contributed by atoms with van der Waals surface area (Å²) in [5.41, 5.74) is 1.62. The van der Waals surface area contributed by atoms with Gasteiger partial charge >= 0.3 is 0 Å². The molecule has 0 spiro atoms. The normalized spacial score (nSPS) is 19.2. The Morgan fingerprint density at radius 1 is 1.10 bits per heavy atom. The number of rotatable bonds is 6. The van der Waals surface area contributed by atoms with Gasteiger partial charge in [0.25, 0.3) is 0 Å². The summed E-state index contributed by atoms with van der Waals surface area (Å²) in [6, 6.07) is 12.9. The molecule has 0 bridgehead atoms. The lowest BCUT2D eigenvalue weighted by molar-refractivity contribution is -0.133. The molecular weight excluding hydrogens is 419 g/mol. The molecule has 1 aliphatic rings. The molecule has 0 aromatic heterocycles. The summed E-state index contributed by atoms with van der Waals surface area (Å²) in [7, 11) is -2.01. The number of ether oxygens (including phenoxy) is 1. The largest absolute Gasteiger partial charge is 0.497 e. The molecule has 0 saturated heterocycles. The van der Waals surface area contributed by atoms with Crippen LogP contribution in [-0.4, -0.2) is 49.0 Å². The van der Waals surface area contributed by atoms with E-state index >= 15 is 0 Å². The molecule has 166 valence electrons. The molecule has 31 heavy (non-hydrogen) atoms. The van der Waals surface area contributed by atoms with E-state index in [4.69, 9.17) is 4.74 Å². The number of methoxy groups -OCH3 is 1. The second-order valence-electron chi connectivity index (χ2n) is 7.68. The summed E-state index contributed by atoms with van der Waals surface area (Å²) in [6.07, 6.45) is 3.62. The molecule has 0 saturated carbocycles. The number of sulfonamides is 1. The SMILES string of the molecule is COc1ccc([C@H]2/C=C\CN(S(=O)(=O)C(C)C)CC(=O)N2Cc2ccc(F)cc2)cc1. The monoisotopic (exact) mass is 446 g/mol. The Kier molecular flexibility index (Phi) is 7.12. The molecule has 3 rings (SSSR count). The van der Waals surface area contributed by atoms with Crippen molar-refractivity contribution in [1.82, 2.24) is 9.21 Å². The van der Waals surface area contributed by atoms with Crippen molar-refractivity contribution in [3.05, 3.63) is 77.6 Å². The smallest absolute Gasteiger partial charge is 0.238 e. The summed E-state index contributed by atoms with van der Waals surface area (Å²) in [4.78, 5) is 14.9. The second kappa shape index (κ2) is 9.62. The fraction of sp³-hybridized carbons (Fsp3) is 0.348. The Morgan fingerprint density at radius 3 is 2.32 bits per heavy atom. The van der Waals surface area contributed by atoms with Gasteiger partial charge in [-0.05, 0) is 49.2 Å². The van der Waals surface area contributed by atoms with Crippen molar-refractivity contribution in [1.29, 1.82) is 0 Å². The highest BCUT2D eigenvalue weighted by molar-refractivity contribution is 7.89. The maximum Gasteiger partial charge on any atom is 0.238 e. The summed E-state index contributed by atoms with van der Waals surface area (Å²) < 4.78 is 45.2. The Balaban J connectivity index is 1.99. The van der Waals surface area contributed by atoms with Gasteiger partial charge in [-0.25, -0.2) is 12.8 Å². The number of nitrogens with zero attached hydrogens (tertiary/aromatic N) is 2. The maximum absolute atomic E-state index is 13.4. The first-order valence-corrected chi connectivity index (χ1v) is 11.6. The van der Waals surface area contributed by atoms with Crippen molar-refractivity contribution >= 4 is 15.9 Å². The molecule has 1 atom stereocenters. The average molecular weight is 447 g/mol. The minimum Gasteiger partial charge on any atom is -0.497 e. The number of carbonyl (C=O) groups is 1. The first kappa shape index (κ1) is 23.0. The zero-order chi connectivity index (χ0) is 22.6. The van der Waals surface area contributed by atoms with Gasteiger partial charge in [0.05, 0.1) is 24.9 Å². The predicted molar refractivity (Wildman–Crippen MR) is 117 cm³/mol. The van der Waals surface area contributed by atoms with Crippen LogP contribution in [0.4, 0.5) is 4.39 Å². The lowest BCUT2D eigenvalue weighted by Crippen LogP contribution is -2.46. The second-order valence-corrected chi connectivity index (χ2v) is 10.2. The standard InChI is InChI=1S/C23H27FN2O4S/c1-17(2)31(28,29)25-14-4-5-22(19-8-12-21(30-3)13-9-19)26(23(27)16-25)15-18-6-10-20(24)11-7-18/h4-13,17,22H,14-16H2,1-3H3/b5-4-/t22-/m1/s1. The highest BCUT2D eigenvalue weighted by Crippen LogP contribution is 2.28. The van der Waals surface area contributed by atoms with Crippen molar-refractivity contribution in [2.75, 3.05) is 20.2 Å². The van der Waals surface area contributed by atoms with E-state index in [2.05, 4.69) is 0 Å². The number of carbonyl (C=O) groups excluding carboxylic acids is 1. The molecule has 0 fully saturated rings. The number of hydrogen-bond donors (Lipinski definition) is 0. The van der Waals surface area contributed by atoms with Gasteiger partial charge in [-0.15, -0.1) is 0 Å². The molecule has 0 radical (unpaired) electrons. The third kappa shape index (κ3) is 5.32. The van der Waals surface area contributed by atoms with Crippen LogP contribution < -0.4 is 4.74 Å². The molecule has 8 heteroatoms. The van der Waals surface area contributed by atoms with E-state index in [1.54, 1.807) is 44.1 Å². The average Bonchev–Trinajstić information content (AvgIpc) is 2.74. The topological polar surface area (TPSA) is 66.9 Å². The Bertz CT molecular complexity index is 1030. The molecule has 1 amide bonds. The number of halogens is 1. The first-order chi connectivity index (χ1) is 14.7. The van der Waals surface area contributed by atoms with Crippen LogP contribution >= 0.6 is 0 Å².